The van der Waals surface area contributed by atoms with E-state index in [-0.39, 0.29) is 16.5 Å². The third-order valence-electron chi connectivity index (χ3n) is 4.02. The molecular weight excluding hydrogens is 186 g/mol. The van der Waals surface area contributed by atoms with Crippen LogP contribution in [-0.4, -0.2) is 16.1 Å². The zero-order valence-corrected chi connectivity index (χ0v) is 11.2. The van der Waals surface area contributed by atoms with Crippen molar-refractivity contribution in [3.63, 3.8) is 0 Å². The van der Waals surface area contributed by atoms with Gasteiger partial charge >= 0.3 is 0 Å². The Morgan fingerprint density at radius 1 is 1.00 bits per heavy atom. The molecular formula is C13H26NO. The second kappa shape index (κ2) is 3.74. The lowest BCUT2D eigenvalue weighted by Crippen LogP contribution is -2.62. The van der Waals surface area contributed by atoms with Gasteiger partial charge in [-0.3, -0.25) is 0 Å². The molecule has 1 rings (SSSR count). The van der Waals surface area contributed by atoms with E-state index in [1.807, 2.05) is 0 Å². The van der Waals surface area contributed by atoms with E-state index in [1.165, 1.54) is 5.06 Å². The minimum absolute atomic E-state index is 0.134. The number of nitrogens with zero attached hydrogens (tertiary/aromatic N) is 1. The largest absolute Gasteiger partial charge is 0.143 e. The molecule has 0 aromatic carbocycles. The summed E-state index contributed by atoms with van der Waals surface area (Å²) in [5.74, 6) is 0. The van der Waals surface area contributed by atoms with Crippen molar-refractivity contribution in [3.8, 4) is 0 Å². The standard InChI is InChI=1S/C13H26NO/c1-7-13(8-2)10-11(3,4)9-12(5,6)14(13)15/h7-10H2,1-6H3. The molecule has 0 spiro atoms. The minimum atomic E-state index is -0.215. The van der Waals surface area contributed by atoms with Crippen molar-refractivity contribution in [2.75, 3.05) is 0 Å². The third kappa shape index (κ3) is 2.21. The molecule has 0 aromatic rings. The highest BCUT2D eigenvalue weighted by Gasteiger charge is 2.51. The van der Waals surface area contributed by atoms with Gasteiger partial charge in [0.2, 0.25) is 0 Å². The Labute approximate surface area is 94.6 Å². The molecule has 0 aromatic heterocycles. The van der Waals surface area contributed by atoms with Crippen LogP contribution in [-0.2, 0) is 5.21 Å². The molecule has 0 atom stereocenters. The molecule has 1 heterocycles. The Kier molecular flexibility index (Phi) is 3.24. The highest BCUT2D eigenvalue weighted by molar-refractivity contribution is 5.02. The lowest BCUT2D eigenvalue weighted by atomic mass is 9.64. The van der Waals surface area contributed by atoms with Crippen molar-refractivity contribution in [1.82, 2.24) is 5.06 Å². The van der Waals surface area contributed by atoms with Crippen molar-refractivity contribution in [2.24, 2.45) is 5.41 Å². The highest BCUT2D eigenvalue weighted by atomic mass is 16.5. The van der Waals surface area contributed by atoms with E-state index in [2.05, 4.69) is 41.5 Å². The first-order chi connectivity index (χ1) is 6.69. The molecule has 1 fully saturated rings. The number of hydrogen-bond acceptors (Lipinski definition) is 1. The monoisotopic (exact) mass is 212 g/mol. The van der Waals surface area contributed by atoms with Gasteiger partial charge in [-0.1, -0.05) is 27.7 Å². The number of hydrogen-bond donors (Lipinski definition) is 0. The van der Waals surface area contributed by atoms with Gasteiger partial charge in [0.15, 0.2) is 0 Å². The first kappa shape index (κ1) is 13.0. The Balaban J connectivity index is 3.07. The second-order valence-corrected chi connectivity index (χ2v) is 6.56. The molecule has 1 saturated heterocycles. The Morgan fingerprint density at radius 3 is 1.87 bits per heavy atom. The van der Waals surface area contributed by atoms with Crippen molar-refractivity contribution in [2.45, 2.75) is 78.3 Å². The Morgan fingerprint density at radius 2 is 1.47 bits per heavy atom. The quantitative estimate of drug-likeness (QED) is 0.683. The molecule has 0 bridgehead atoms. The van der Waals surface area contributed by atoms with Crippen LogP contribution in [0.25, 0.3) is 0 Å². The molecule has 0 saturated carbocycles. The Hall–Kier alpha value is -0.0800. The molecule has 15 heavy (non-hydrogen) atoms. The fraction of sp³-hybridized carbons (Fsp3) is 1.00. The van der Waals surface area contributed by atoms with Crippen LogP contribution in [0.2, 0.25) is 0 Å². The predicted octanol–water partition coefficient (Wildman–Crippen LogP) is 3.79. The van der Waals surface area contributed by atoms with Gasteiger partial charge in [0, 0.05) is 11.1 Å². The summed E-state index contributed by atoms with van der Waals surface area (Å²) in [6.07, 6.45) is 3.94. The number of piperidine rings is 1. The lowest BCUT2D eigenvalue weighted by Gasteiger charge is -2.55. The molecule has 89 valence electrons. The topological polar surface area (TPSA) is 23.1 Å². The van der Waals surface area contributed by atoms with Crippen molar-refractivity contribution >= 4 is 0 Å². The molecule has 1 aliphatic rings. The molecule has 0 unspecified atom stereocenters. The van der Waals surface area contributed by atoms with Gasteiger partial charge in [-0.15, -0.1) is 10.3 Å². The summed E-state index contributed by atoms with van der Waals surface area (Å²) < 4.78 is 0. The van der Waals surface area contributed by atoms with Crippen LogP contribution in [0.3, 0.4) is 0 Å². The summed E-state index contributed by atoms with van der Waals surface area (Å²) in [6, 6.07) is 0. The Bertz CT molecular complexity index is 229. The fourth-order valence-electron chi connectivity index (χ4n) is 3.70. The average Bonchev–Trinajstić information content (AvgIpc) is 2.10. The maximum Gasteiger partial charge on any atom is 0.0499 e. The smallest absolute Gasteiger partial charge is 0.0499 e. The predicted molar refractivity (Wildman–Crippen MR) is 62.9 cm³/mol. The molecule has 0 amide bonds. The van der Waals surface area contributed by atoms with Crippen LogP contribution in [0.4, 0.5) is 0 Å². The van der Waals surface area contributed by atoms with E-state index in [1.54, 1.807) is 0 Å². The minimum Gasteiger partial charge on any atom is -0.143 e. The first-order valence-electron chi connectivity index (χ1n) is 6.17. The van der Waals surface area contributed by atoms with Crippen LogP contribution in [0, 0.1) is 5.41 Å². The lowest BCUT2D eigenvalue weighted by molar-refractivity contribution is -0.312. The van der Waals surface area contributed by atoms with Crippen molar-refractivity contribution < 1.29 is 5.21 Å². The maximum absolute atomic E-state index is 12.4. The molecule has 2 heteroatoms. The normalized spacial score (nSPS) is 29.0. The van der Waals surface area contributed by atoms with Gasteiger partial charge in [0.05, 0.1) is 0 Å². The fourth-order valence-corrected chi connectivity index (χ4v) is 3.70. The van der Waals surface area contributed by atoms with Gasteiger partial charge in [0.25, 0.3) is 0 Å². The second-order valence-electron chi connectivity index (χ2n) is 6.56. The van der Waals surface area contributed by atoms with Gasteiger partial charge in [0.1, 0.15) is 0 Å². The molecule has 1 aliphatic heterocycles. The third-order valence-corrected chi connectivity index (χ3v) is 4.02. The molecule has 1 radical (unpaired) electrons. The van der Waals surface area contributed by atoms with E-state index in [4.69, 9.17) is 0 Å². The van der Waals surface area contributed by atoms with E-state index in [9.17, 15) is 5.21 Å². The summed E-state index contributed by atoms with van der Waals surface area (Å²) in [6.45, 7) is 13.0. The highest BCUT2D eigenvalue weighted by Crippen LogP contribution is 2.49. The zero-order valence-electron chi connectivity index (χ0n) is 11.2. The summed E-state index contributed by atoms with van der Waals surface area (Å²) in [5, 5.41) is 13.8. The van der Waals surface area contributed by atoms with Gasteiger partial charge in [-0.25, -0.2) is 0 Å². The van der Waals surface area contributed by atoms with Crippen LogP contribution < -0.4 is 0 Å². The van der Waals surface area contributed by atoms with Crippen LogP contribution in [0.1, 0.15) is 67.2 Å². The summed E-state index contributed by atoms with van der Waals surface area (Å²) in [4.78, 5) is 0. The molecule has 0 aliphatic carbocycles. The summed E-state index contributed by atoms with van der Waals surface area (Å²) in [5.41, 5.74) is -0.0601. The molecule has 2 nitrogen and oxygen atoms in total. The van der Waals surface area contributed by atoms with E-state index < -0.39 is 0 Å². The zero-order chi connectivity index (χ0) is 11.9. The van der Waals surface area contributed by atoms with Crippen LogP contribution in [0.5, 0.6) is 0 Å². The van der Waals surface area contributed by atoms with E-state index in [0.29, 0.717) is 0 Å². The molecule has 0 N–H and O–H groups in total. The van der Waals surface area contributed by atoms with Gasteiger partial charge in [-0.2, -0.15) is 0 Å². The van der Waals surface area contributed by atoms with Crippen LogP contribution in [0.15, 0.2) is 0 Å². The first-order valence-corrected chi connectivity index (χ1v) is 6.17. The van der Waals surface area contributed by atoms with Gasteiger partial charge in [-0.05, 0) is 44.9 Å². The maximum atomic E-state index is 12.4. The average molecular weight is 212 g/mol. The van der Waals surface area contributed by atoms with Crippen LogP contribution >= 0.6 is 0 Å². The number of rotatable bonds is 2. The summed E-state index contributed by atoms with van der Waals surface area (Å²) >= 11 is 0. The van der Waals surface area contributed by atoms with E-state index in [0.717, 1.165) is 25.7 Å². The van der Waals surface area contributed by atoms with Crippen molar-refractivity contribution in [3.05, 3.63) is 0 Å². The van der Waals surface area contributed by atoms with Crippen molar-refractivity contribution in [1.29, 1.82) is 0 Å². The van der Waals surface area contributed by atoms with E-state index >= 15 is 0 Å². The summed E-state index contributed by atoms with van der Waals surface area (Å²) in [7, 11) is 0. The van der Waals surface area contributed by atoms with Gasteiger partial charge < -0.3 is 0 Å². The SMILES string of the molecule is CCC1(CC)CC(C)(C)CC(C)(C)N1[O]. The number of hydroxylamine groups is 2.